The summed E-state index contributed by atoms with van der Waals surface area (Å²) in [5, 5.41) is 9.70. The number of carboxylic acids is 1. The SMILES string of the molecule is CC/C=C\C/C=C\C/C=C\C/C=C\CCCCCCCCCCCCCCCCCCCCCCCCC(=O)OC(COC(=O)CCCC/C=C\C/C=C\C/C=C\C/C=C\CC)COC(OCC[N+](C)(C)C)C(=O)O. The van der Waals surface area contributed by atoms with Crippen LogP contribution in [0.25, 0.3) is 0 Å². The molecule has 0 rings (SSSR count). The lowest BCUT2D eigenvalue weighted by Crippen LogP contribution is -2.40. The van der Waals surface area contributed by atoms with Gasteiger partial charge in [0.15, 0.2) is 6.10 Å². The molecular weight excluding hydrogens is 935 g/mol. The molecule has 0 radical (unpaired) electrons. The average molecular weight is 1050 g/mol. The highest BCUT2D eigenvalue weighted by atomic mass is 16.7. The van der Waals surface area contributed by atoms with Crippen molar-refractivity contribution in [1.29, 1.82) is 0 Å². The Balaban J connectivity index is 4.08. The average Bonchev–Trinajstić information content (AvgIpc) is 3.38. The summed E-state index contributed by atoms with van der Waals surface area (Å²) < 4.78 is 22.8. The standard InChI is InChI=1S/C66H113NO8/c1-6-8-10-12-14-16-18-20-22-23-24-25-26-27-28-29-30-31-32-33-34-35-36-37-38-39-40-41-43-45-47-49-51-53-55-57-64(69)75-62(61-74-66(65(70)71)72-59-58-67(3,4)5)60-73-63(68)56-54-52-50-48-46-44-42-21-19-17-15-13-11-9-7-2/h8-11,14-17,20-22,24-25,42,46,48,62,66H,6-7,12-13,18-19,23,26-41,43-45,47,49-61H2,1-5H3/p+1/b10-8-,11-9-,16-14-,17-15-,22-20-,25-24-,42-21-,48-46-. The van der Waals surface area contributed by atoms with Crippen molar-refractivity contribution in [3.63, 3.8) is 0 Å². The Hall–Kier alpha value is -3.79. The molecule has 0 saturated carbocycles. The summed E-state index contributed by atoms with van der Waals surface area (Å²) in [4.78, 5) is 37.4. The van der Waals surface area contributed by atoms with Gasteiger partial charge in [0, 0.05) is 12.8 Å². The van der Waals surface area contributed by atoms with Gasteiger partial charge >= 0.3 is 17.9 Å². The van der Waals surface area contributed by atoms with Crippen molar-refractivity contribution in [2.75, 3.05) is 47.5 Å². The van der Waals surface area contributed by atoms with Gasteiger partial charge in [-0.05, 0) is 89.9 Å². The fourth-order valence-corrected chi connectivity index (χ4v) is 8.23. The van der Waals surface area contributed by atoms with E-state index in [9.17, 15) is 19.5 Å². The van der Waals surface area contributed by atoms with E-state index in [1.165, 1.54) is 128 Å². The Morgan fingerprint density at radius 2 is 0.720 bits per heavy atom. The summed E-state index contributed by atoms with van der Waals surface area (Å²) in [6, 6.07) is 0. The molecule has 0 heterocycles. The summed E-state index contributed by atoms with van der Waals surface area (Å²) in [6.45, 7) is 4.61. The van der Waals surface area contributed by atoms with E-state index in [0.29, 0.717) is 23.9 Å². The zero-order valence-electron chi connectivity index (χ0n) is 48.9. The number of unbranched alkanes of at least 4 members (excludes halogenated alkanes) is 24. The van der Waals surface area contributed by atoms with Crippen LogP contribution < -0.4 is 0 Å². The number of esters is 2. The first-order valence-electron chi connectivity index (χ1n) is 30.4. The molecule has 0 bridgehead atoms. The molecule has 9 heteroatoms. The molecule has 75 heavy (non-hydrogen) atoms. The van der Waals surface area contributed by atoms with Crippen LogP contribution in [0.4, 0.5) is 0 Å². The number of carbonyl (C=O) groups is 3. The third-order valence-corrected chi connectivity index (χ3v) is 12.8. The molecule has 0 aromatic heterocycles. The number of allylic oxidation sites excluding steroid dienone is 16. The first kappa shape index (κ1) is 71.2. The van der Waals surface area contributed by atoms with E-state index in [-0.39, 0.29) is 38.6 Å². The van der Waals surface area contributed by atoms with Crippen LogP contribution in [0.15, 0.2) is 97.2 Å². The van der Waals surface area contributed by atoms with Crippen molar-refractivity contribution in [3.8, 4) is 0 Å². The van der Waals surface area contributed by atoms with Gasteiger partial charge in [-0.15, -0.1) is 0 Å². The molecule has 0 aliphatic rings. The van der Waals surface area contributed by atoms with Gasteiger partial charge in [0.25, 0.3) is 6.29 Å². The van der Waals surface area contributed by atoms with Crippen molar-refractivity contribution in [1.82, 2.24) is 0 Å². The topological polar surface area (TPSA) is 108 Å². The molecule has 1 N–H and O–H groups in total. The van der Waals surface area contributed by atoms with Crippen molar-refractivity contribution >= 4 is 17.9 Å². The predicted octanol–water partition coefficient (Wildman–Crippen LogP) is 18.1. The fraction of sp³-hybridized carbons (Fsp3) is 0.712. The van der Waals surface area contributed by atoms with Crippen LogP contribution in [-0.4, -0.2) is 87.4 Å². The molecule has 2 unspecified atom stereocenters. The Morgan fingerprint density at radius 1 is 0.400 bits per heavy atom. The van der Waals surface area contributed by atoms with Crippen molar-refractivity contribution < 1.29 is 42.9 Å². The second-order valence-electron chi connectivity index (χ2n) is 21.2. The van der Waals surface area contributed by atoms with Crippen molar-refractivity contribution in [2.45, 2.75) is 257 Å². The van der Waals surface area contributed by atoms with E-state index in [2.05, 4.69) is 111 Å². The van der Waals surface area contributed by atoms with Crippen LogP contribution in [0.1, 0.15) is 245 Å². The van der Waals surface area contributed by atoms with Crippen LogP contribution >= 0.6 is 0 Å². The molecule has 0 aromatic carbocycles. The predicted molar refractivity (Wildman–Crippen MR) is 318 cm³/mol. The van der Waals surface area contributed by atoms with Crippen molar-refractivity contribution in [3.05, 3.63) is 97.2 Å². The molecule has 0 aromatic rings. The number of hydrogen-bond donors (Lipinski definition) is 1. The van der Waals surface area contributed by atoms with Crippen LogP contribution in [-0.2, 0) is 33.3 Å². The number of rotatable bonds is 55. The highest BCUT2D eigenvalue weighted by Crippen LogP contribution is 2.17. The first-order chi connectivity index (χ1) is 36.6. The van der Waals surface area contributed by atoms with E-state index >= 15 is 0 Å². The van der Waals surface area contributed by atoms with Gasteiger partial charge < -0.3 is 28.5 Å². The van der Waals surface area contributed by atoms with Crippen LogP contribution in [0, 0.1) is 0 Å². The molecule has 0 amide bonds. The zero-order chi connectivity index (χ0) is 54.8. The maximum absolute atomic E-state index is 12.9. The molecule has 0 spiro atoms. The fourth-order valence-electron chi connectivity index (χ4n) is 8.23. The number of quaternary nitrogens is 1. The first-order valence-corrected chi connectivity index (χ1v) is 30.4. The molecule has 0 aliphatic heterocycles. The van der Waals surface area contributed by atoms with Crippen LogP contribution in [0.3, 0.4) is 0 Å². The van der Waals surface area contributed by atoms with E-state index in [1.54, 1.807) is 0 Å². The Labute approximate surface area is 461 Å². The second-order valence-corrected chi connectivity index (χ2v) is 21.2. The van der Waals surface area contributed by atoms with Crippen LogP contribution in [0.2, 0.25) is 0 Å². The number of hydrogen-bond acceptors (Lipinski definition) is 7. The Bertz CT molecular complexity index is 1550. The molecule has 0 aliphatic carbocycles. The lowest BCUT2D eigenvalue weighted by Gasteiger charge is -2.25. The highest BCUT2D eigenvalue weighted by Gasteiger charge is 2.25. The Kier molecular flexibility index (Phi) is 53.6. The van der Waals surface area contributed by atoms with Gasteiger partial charge in [-0.1, -0.05) is 239 Å². The maximum atomic E-state index is 12.9. The minimum absolute atomic E-state index is 0.178. The third kappa shape index (κ3) is 57.7. The van der Waals surface area contributed by atoms with Gasteiger partial charge in [0.05, 0.1) is 34.4 Å². The molecule has 430 valence electrons. The molecule has 9 nitrogen and oxygen atoms in total. The number of likely N-dealkylation sites (N-methyl/N-ethyl adjacent to an activating group) is 1. The zero-order valence-corrected chi connectivity index (χ0v) is 48.9. The van der Waals surface area contributed by atoms with E-state index < -0.39 is 24.3 Å². The summed E-state index contributed by atoms with van der Waals surface area (Å²) in [7, 11) is 5.95. The maximum Gasteiger partial charge on any atom is 0.361 e. The summed E-state index contributed by atoms with van der Waals surface area (Å²) in [6.07, 6.45) is 73.8. The minimum Gasteiger partial charge on any atom is -0.477 e. The summed E-state index contributed by atoms with van der Waals surface area (Å²) in [5.74, 6) is -2.06. The minimum atomic E-state index is -1.52. The van der Waals surface area contributed by atoms with Crippen molar-refractivity contribution in [2.24, 2.45) is 0 Å². The normalized spacial score (nSPS) is 13.5. The Morgan fingerprint density at radius 3 is 1.09 bits per heavy atom. The molecule has 2 atom stereocenters. The van der Waals surface area contributed by atoms with Gasteiger partial charge in [-0.3, -0.25) is 9.59 Å². The van der Waals surface area contributed by atoms with Gasteiger partial charge in [0.1, 0.15) is 13.2 Å². The van der Waals surface area contributed by atoms with Crippen LogP contribution in [0.5, 0.6) is 0 Å². The number of carbonyl (C=O) groups excluding carboxylic acids is 2. The third-order valence-electron chi connectivity index (χ3n) is 12.8. The number of carboxylic acid groups (broad SMARTS) is 1. The van der Waals surface area contributed by atoms with E-state index in [4.69, 9.17) is 18.9 Å². The van der Waals surface area contributed by atoms with E-state index in [0.717, 1.165) is 77.0 Å². The largest absolute Gasteiger partial charge is 0.477 e. The van der Waals surface area contributed by atoms with Gasteiger partial charge in [-0.25, -0.2) is 4.79 Å². The number of nitrogens with zero attached hydrogens (tertiary/aromatic N) is 1. The van der Waals surface area contributed by atoms with Gasteiger partial charge in [-0.2, -0.15) is 0 Å². The number of ether oxygens (including phenoxy) is 4. The number of aliphatic carboxylic acids is 1. The quantitative estimate of drug-likeness (QED) is 0.0211. The molecule has 0 saturated heterocycles. The monoisotopic (exact) mass is 1050 g/mol. The van der Waals surface area contributed by atoms with Gasteiger partial charge in [0.2, 0.25) is 0 Å². The summed E-state index contributed by atoms with van der Waals surface area (Å²) in [5.41, 5.74) is 0. The smallest absolute Gasteiger partial charge is 0.361 e. The molecular formula is C66H114NO8+. The highest BCUT2D eigenvalue weighted by molar-refractivity contribution is 5.71. The molecule has 0 fully saturated rings. The summed E-state index contributed by atoms with van der Waals surface area (Å²) >= 11 is 0. The lowest BCUT2D eigenvalue weighted by molar-refractivity contribution is -0.870. The lowest BCUT2D eigenvalue weighted by atomic mass is 10.0. The second kappa shape index (κ2) is 56.4. The van der Waals surface area contributed by atoms with E-state index in [1.807, 2.05) is 21.1 Å².